The lowest BCUT2D eigenvalue weighted by atomic mass is 9.98. The predicted molar refractivity (Wildman–Crippen MR) is 110 cm³/mol. The Morgan fingerprint density at radius 2 is 1.56 bits per heavy atom. The molecule has 144 valence electrons. The van der Waals surface area contributed by atoms with Gasteiger partial charge in [-0.15, -0.1) is 3.77 Å². The zero-order chi connectivity index (χ0) is 19.5. The van der Waals surface area contributed by atoms with Crippen LogP contribution in [0.25, 0.3) is 0 Å². The largest absolute Gasteiger partial charge is 0.290 e. The van der Waals surface area contributed by atoms with Crippen molar-refractivity contribution in [2.24, 2.45) is 3.77 Å². The van der Waals surface area contributed by atoms with E-state index >= 15 is 0 Å². The van der Waals surface area contributed by atoms with E-state index < -0.39 is 25.0 Å². The molecule has 0 spiro atoms. The Morgan fingerprint density at radius 1 is 0.889 bits per heavy atom. The SMILES string of the molecule is Cc1ccc(S(=O)(=O)N=[S@@](=O)(c2ccccc2)C(C)C2=CCCCC2)cc1. The molecular formula is C21H25NO3S2. The van der Waals surface area contributed by atoms with E-state index in [4.69, 9.17) is 0 Å². The van der Waals surface area contributed by atoms with Crippen LogP contribution in [-0.2, 0) is 19.8 Å². The van der Waals surface area contributed by atoms with Crippen LogP contribution >= 0.6 is 0 Å². The first kappa shape index (κ1) is 19.8. The van der Waals surface area contributed by atoms with Crippen molar-refractivity contribution in [3.8, 4) is 0 Å². The number of aryl methyl sites for hydroxylation is 1. The summed E-state index contributed by atoms with van der Waals surface area (Å²) in [6, 6.07) is 15.2. The minimum absolute atomic E-state index is 0.0709. The highest BCUT2D eigenvalue weighted by atomic mass is 32.3. The van der Waals surface area contributed by atoms with Crippen molar-refractivity contribution in [3.63, 3.8) is 0 Å². The first-order valence-corrected chi connectivity index (χ1v) is 12.2. The lowest BCUT2D eigenvalue weighted by Crippen LogP contribution is -2.23. The molecule has 6 heteroatoms. The fourth-order valence-electron chi connectivity index (χ4n) is 3.26. The highest BCUT2D eigenvalue weighted by Crippen LogP contribution is 2.31. The second-order valence-corrected chi connectivity index (χ2v) is 11.2. The third-order valence-electron chi connectivity index (χ3n) is 4.94. The average molecular weight is 404 g/mol. The Kier molecular flexibility index (Phi) is 5.86. The molecule has 3 rings (SSSR count). The zero-order valence-corrected chi connectivity index (χ0v) is 17.3. The summed E-state index contributed by atoms with van der Waals surface area (Å²) in [5.41, 5.74) is 2.00. The highest BCUT2D eigenvalue weighted by molar-refractivity contribution is 8.03. The summed E-state index contributed by atoms with van der Waals surface area (Å²) in [5, 5.41) is -0.458. The van der Waals surface area contributed by atoms with Gasteiger partial charge in [0.1, 0.15) is 0 Å². The summed E-state index contributed by atoms with van der Waals surface area (Å²) in [6.07, 6.45) is 6.03. The summed E-state index contributed by atoms with van der Waals surface area (Å²) in [5.74, 6) is 0. The molecule has 0 fully saturated rings. The van der Waals surface area contributed by atoms with Gasteiger partial charge in [-0.1, -0.05) is 47.5 Å². The van der Waals surface area contributed by atoms with E-state index in [1.807, 2.05) is 19.9 Å². The number of hydrogen-bond donors (Lipinski definition) is 0. The van der Waals surface area contributed by atoms with E-state index in [0.717, 1.165) is 36.8 Å². The molecule has 27 heavy (non-hydrogen) atoms. The van der Waals surface area contributed by atoms with Crippen molar-refractivity contribution in [1.29, 1.82) is 0 Å². The normalized spacial score (nSPS) is 18.2. The zero-order valence-electron chi connectivity index (χ0n) is 15.7. The average Bonchev–Trinajstić information content (AvgIpc) is 2.68. The Balaban J connectivity index is 2.18. The maximum Gasteiger partial charge on any atom is 0.290 e. The summed E-state index contributed by atoms with van der Waals surface area (Å²) >= 11 is 0. The van der Waals surface area contributed by atoms with Crippen LogP contribution in [0.5, 0.6) is 0 Å². The van der Waals surface area contributed by atoms with Crippen LogP contribution in [0.3, 0.4) is 0 Å². The Morgan fingerprint density at radius 3 is 2.15 bits per heavy atom. The van der Waals surface area contributed by atoms with E-state index in [2.05, 4.69) is 9.84 Å². The molecule has 0 radical (unpaired) electrons. The molecule has 0 bridgehead atoms. The molecule has 0 saturated heterocycles. The molecule has 0 aliphatic heterocycles. The summed E-state index contributed by atoms with van der Waals surface area (Å²) < 4.78 is 44.0. The van der Waals surface area contributed by atoms with Gasteiger partial charge < -0.3 is 0 Å². The molecule has 2 atom stereocenters. The third-order valence-corrected chi connectivity index (χ3v) is 9.68. The van der Waals surface area contributed by atoms with Crippen LogP contribution in [0.2, 0.25) is 0 Å². The molecule has 4 nitrogen and oxygen atoms in total. The van der Waals surface area contributed by atoms with E-state index in [1.54, 1.807) is 36.4 Å². The van der Waals surface area contributed by atoms with Gasteiger partial charge in [0.2, 0.25) is 0 Å². The van der Waals surface area contributed by atoms with Gasteiger partial charge in [-0.3, -0.25) is 0 Å². The van der Waals surface area contributed by atoms with Gasteiger partial charge in [0.05, 0.1) is 19.9 Å². The maximum absolute atomic E-state index is 14.1. The van der Waals surface area contributed by atoms with Crippen molar-refractivity contribution in [3.05, 3.63) is 71.8 Å². The Hall–Kier alpha value is -1.92. The lowest BCUT2D eigenvalue weighted by molar-refractivity contribution is 0.597. The van der Waals surface area contributed by atoms with Crippen LogP contribution in [0.1, 0.15) is 38.2 Å². The molecule has 0 saturated carbocycles. The van der Waals surface area contributed by atoms with Crippen molar-refractivity contribution in [1.82, 2.24) is 0 Å². The minimum Gasteiger partial charge on any atom is -0.243 e. The second kappa shape index (κ2) is 7.98. The Labute approximate surface area is 162 Å². The van der Waals surface area contributed by atoms with Crippen LogP contribution in [0.4, 0.5) is 0 Å². The van der Waals surface area contributed by atoms with Crippen molar-refractivity contribution in [2.45, 2.75) is 54.6 Å². The topological polar surface area (TPSA) is 63.6 Å². The molecule has 1 aliphatic carbocycles. The minimum atomic E-state index is -4.04. The number of hydrogen-bond acceptors (Lipinski definition) is 3. The first-order chi connectivity index (χ1) is 12.8. The standard InChI is InChI=1S/C21H25NO3S2/c1-17-13-15-21(16-14-17)27(24,25)22-26(23,20-11-7-4-8-12-20)18(2)19-9-5-3-6-10-19/h4,7-9,11-16,18H,3,5-6,10H2,1-2H3/t18?,26-/m0/s1. The molecule has 0 heterocycles. The third kappa shape index (κ3) is 4.33. The van der Waals surface area contributed by atoms with Crippen molar-refractivity contribution >= 4 is 19.8 Å². The highest BCUT2D eigenvalue weighted by Gasteiger charge is 2.29. The first-order valence-electron chi connectivity index (χ1n) is 9.16. The lowest BCUT2D eigenvalue weighted by Gasteiger charge is -2.23. The molecule has 0 aromatic heterocycles. The number of benzene rings is 2. The van der Waals surface area contributed by atoms with E-state index in [-0.39, 0.29) is 4.90 Å². The molecule has 0 amide bonds. The van der Waals surface area contributed by atoms with E-state index in [1.165, 1.54) is 12.1 Å². The van der Waals surface area contributed by atoms with E-state index in [0.29, 0.717) is 4.90 Å². The molecular weight excluding hydrogens is 378 g/mol. The van der Waals surface area contributed by atoms with Gasteiger partial charge in [-0.25, -0.2) is 4.21 Å². The van der Waals surface area contributed by atoms with Crippen molar-refractivity contribution in [2.75, 3.05) is 0 Å². The van der Waals surface area contributed by atoms with Gasteiger partial charge in [-0.05, 0) is 63.8 Å². The quantitative estimate of drug-likeness (QED) is 0.653. The monoisotopic (exact) mass is 403 g/mol. The fraction of sp³-hybridized carbons (Fsp3) is 0.333. The van der Waals surface area contributed by atoms with Gasteiger partial charge in [0, 0.05) is 4.90 Å². The van der Waals surface area contributed by atoms with Gasteiger partial charge >= 0.3 is 0 Å². The molecule has 2 aromatic carbocycles. The predicted octanol–water partition coefficient (Wildman–Crippen LogP) is 5.10. The molecule has 0 N–H and O–H groups in total. The van der Waals surface area contributed by atoms with Crippen LogP contribution in [-0.4, -0.2) is 17.9 Å². The fourth-order valence-corrected chi connectivity index (χ4v) is 7.69. The number of sulfonamides is 1. The van der Waals surface area contributed by atoms with Crippen LogP contribution in [0.15, 0.2) is 79.8 Å². The van der Waals surface area contributed by atoms with Crippen LogP contribution in [0, 0.1) is 6.92 Å². The number of nitrogens with zero attached hydrogens (tertiary/aromatic N) is 1. The van der Waals surface area contributed by atoms with Gasteiger partial charge in [-0.2, -0.15) is 8.42 Å². The summed E-state index contributed by atoms with van der Waals surface area (Å²) in [6.45, 7) is 3.72. The molecule has 2 aromatic rings. The van der Waals surface area contributed by atoms with Gasteiger partial charge in [0.25, 0.3) is 10.0 Å². The second-order valence-electron chi connectivity index (χ2n) is 6.91. The van der Waals surface area contributed by atoms with Crippen molar-refractivity contribution < 1.29 is 12.6 Å². The maximum atomic E-state index is 14.1. The van der Waals surface area contributed by atoms with Gasteiger partial charge in [0.15, 0.2) is 0 Å². The summed E-state index contributed by atoms with van der Waals surface area (Å²) in [7, 11) is -7.24. The smallest absolute Gasteiger partial charge is 0.243 e. The number of rotatable bonds is 5. The Bertz CT molecular complexity index is 1050. The van der Waals surface area contributed by atoms with E-state index in [9.17, 15) is 12.6 Å². The molecule has 1 unspecified atom stereocenters. The summed E-state index contributed by atoms with van der Waals surface area (Å²) in [4.78, 5) is 0.529. The molecule has 1 aliphatic rings. The number of allylic oxidation sites excluding steroid dienone is 1. The van der Waals surface area contributed by atoms with Crippen LogP contribution < -0.4 is 0 Å².